The van der Waals surface area contributed by atoms with Gasteiger partial charge in [0.25, 0.3) is 0 Å². The molecule has 0 aliphatic carbocycles. The van der Waals surface area contributed by atoms with Crippen molar-refractivity contribution >= 4 is 45.4 Å². The highest BCUT2D eigenvalue weighted by Gasteiger charge is 2.11. The minimum atomic E-state index is -0.151. The Morgan fingerprint density at radius 3 is 2.48 bits per heavy atom. The van der Waals surface area contributed by atoms with Crippen molar-refractivity contribution in [1.29, 1.82) is 0 Å². The number of hydrogen-bond donors (Lipinski definition) is 2. The van der Waals surface area contributed by atoms with Crippen molar-refractivity contribution in [3.63, 3.8) is 0 Å². The largest absolute Gasteiger partial charge is 0.457 e. The van der Waals surface area contributed by atoms with Crippen LogP contribution >= 0.6 is 11.8 Å². The molecule has 0 fully saturated rings. The molecule has 0 radical (unpaired) electrons. The van der Waals surface area contributed by atoms with E-state index in [4.69, 9.17) is 4.74 Å². The van der Waals surface area contributed by atoms with Gasteiger partial charge in [0.2, 0.25) is 11.1 Å². The second-order valence-electron chi connectivity index (χ2n) is 6.74. The average molecular weight is 427 g/mol. The number of anilines is 1. The molecule has 152 valence electrons. The molecule has 0 atom stereocenters. The molecule has 7 nitrogen and oxygen atoms in total. The van der Waals surface area contributed by atoms with E-state index in [0.29, 0.717) is 22.2 Å². The Kier molecular flexibility index (Phi) is 5.20. The number of nitrogens with zero attached hydrogens (tertiary/aromatic N) is 3. The van der Waals surface area contributed by atoms with Gasteiger partial charge < -0.3 is 15.0 Å². The van der Waals surface area contributed by atoms with Crippen LogP contribution < -0.4 is 10.1 Å². The summed E-state index contributed by atoms with van der Waals surface area (Å²) >= 11 is 1.24. The van der Waals surface area contributed by atoms with Gasteiger partial charge in [0.1, 0.15) is 17.0 Å². The molecule has 0 saturated carbocycles. The molecule has 0 unspecified atom stereocenters. The van der Waals surface area contributed by atoms with Crippen LogP contribution in [0.2, 0.25) is 0 Å². The quantitative estimate of drug-likeness (QED) is 0.369. The summed E-state index contributed by atoms with van der Waals surface area (Å²) in [6.07, 6.45) is 0. The first-order valence-corrected chi connectivity index (χ1v) is 10.6. The summed E-state index contributed by atoms with van der Waals surface area (Å²) in [5.74, 6) is 1.48. The van der Waals surface area contributed by atoms with Crippen molar-refractivity contribution < 1.29 is 9.53 Å². The standard InChI is InChI=1S/C23H17N5O2S/c29-20(24-15-10-12-17(13-11-15)30-16-6-2-1-3-7-16)14-31-23-26-22-21(27-28-23)18-8-4-5-9-19(18)25-22/h1-13H,14H2,(H,24,29)(H,25,26,28). The fourth-order valence-corrected chi connectivity index (χ4v) is 3.71. The number of nitrogens with one attached hydrogen (secondary N) is 2. The molecular formula is C23H17N5O2S. The third-order valence-corrected chi connectivity index (χ3v) is 5.39. The maximum Gasteiger partial charge on any atom is 0.234 e. The van der Waals surface area contributed by atoms with Crippen molar-refractivity contribution in [1.82, 2.24) is 20.2 Å². The molecule has 0 aliphatic rings. The zero-order valence-corrected chi connectivity index (χ0v) is 17.1. The van der Waals surface area contributed by atoms with Crippen LogP contribution in [0.15, 0.2) is 84.0 Å². The number of aromatic amines is 1. The number of rotatable bonds is 6. The fraction of sp³-hybridized carbons (Fsp3) is 0.0435. The summed E-state index contributed by atoms with van der Waals surface area (Å²) in [4.78, 5) is 20.0. The molecule has 31 heavy (non-hydrogen) atoms. The number of amides is 1. The number of benzene rings is 3. The first kappa shape index (κ1) is 19.1. The van der Waals surface area contributed by atoms with Crippen molar-refractivity contribution in [2.45, 2.75) is 5.16 Å². The molecular weight excluding hydrogens is 410 g/mol. The van der Waals surface area contributed by atoms with E-state index < -0.39 is 0 Å². The lowest BCUT2D eigenvalue weighted by Crippen LogP contribution is -2.14. The van der Waals surface area contributed by atoms with E-state index in [9.17, 15) is 4.79 Å². The molecule has 2 aromatic heterocycles. The molecule has 0 saturated heterocycles. The van der Waals surface area contributed by atoms with Crippen LogP contribution in [0.4, 0.5) is 5.69 Å². The highest BCUT2D eigenvalue weighted by Crippen LogP contribution is 2.24. The summed E-state index contributed by atoms with van der Waals surface area (Å²) in [7, 11) is 0. The lowest BCUT2D eigenvalue weighted by Gasteiger charge is -2.08. The van der Waals surface area contributed by atoms with Crippen LogP contribution in [0.3, 0.4) is 0 Å². The minimum absolute atomic E-state index is 0.151. The Morgan fingerprint density at radius 1 is 0.903 bits per heavy atom. The molecule has 0 spiro atoms. The second-order valence-corrected chi connectivity index (χ2v) is 7.68. The van der Waals surface area contributed by atoms with Gasteiger partial charge in [0.15, 0.2) is 5.65 Å². The number of carbonyl (C=O) groups excluding carboxylic acids is 1. The van der Waals surface area contributed by atoms with Crippen LogP contribution in [-0.4, -0.2) is 31.8 Å². The van der Waals surface area contributed by atoms with Gasteiger partial charge in [-0.05, 0) is 42.5 Å². The molecule has 8 heteroatoms. The average Bonchev–Trinajstić information content (AvgIpc) is 3.17. The zero-order valence-electron chi connectivity index (χ0n) is 16.3. The molecule has 3 aromatic carbocycles. The van der Waals surface area contributed by atoms with Crippen molar-refractivity contribution in [2.24, 2.45) is 0 Å². The van der Waals surface area contributed by atoms with Gasteiger partial charge in [-0.3, -0.25) is 4.79 Å². The summed E-state index contributed by atoms with van der Waals surface area (Å²) in [5.41, 5.74) is 3.03. The van der Waals surface area contributed by atoms with Crippen molar-refractivity contribution in [3.05, 3.63) is 78.9 Å². The zero-order chi connectivity index (χ0) is 21.0. The number of aromatic nitrogens is 4. The maximum atomic E-state index is 12.3. The maximum absolute atomic E-state index is 12.3. The second kappa shape index (κ2) is 8.45. The number of fused-ring (bicyclic) bond motifs is 3. The van der Waals surface area contributed by atoms with Crippen molar-refractivity contribution in [3.8, 4) is 11.5 Å². The molecule has 5 rings (SSSR count). The topological polar surface area (TPSA) is 92.8 Å². The van der Waals surface area contributed by atoms with E-state index in [1.165, 1.54) is 11.8 Å². The first-order valence-electron chi connectivity index (χ1n) is 9.61. The summed E-state index contributed by atoms with van der Waals surface area (Å²) in [5, 5.41) is 12.7. The monoisotopic (exact) mass is 427 g/mol. The smallest absolute Gasteiger partial charge is 0.234 e. The highest BCUT2D eigenvalue weighted by atomic mass is 32.2. The third kappa shape index (κ3) is 4.34. The van der Waals surface area contributed by atoms with Crippen LogP contribution in [0, 0.1) is 0 Å². The lowest BCUT2D eigenvalue weighted by molar-refractivity contribution is -0.113. The molecule has 2 N–H and O–H groups in total. The van der Waals surface area contributed by atoms with E-state index in [0.717, 1.165) is 22.2 Å². The summed E-state index contributed by atoms with van der Waals surface area (Å²) < 4.78 is 5.76. The molecule has 0 bridgehead atoms. The Labute approximate surface area is 181 Å². The van der Waals surface area contributed by atoms with Crippen LogP contribution in [0.1, 0.15) is 0 Å². The first-order chi connectivity index (χ1) is 15.2. The van der Waals surface area contributed by atoms with E-state index in [1.54, 1.807) is 12.1 Å². The number of carbonyl (C=O) groups is 1. The molecule has 2 heterocycles. The third-order valence-electron chi connectivity index (χ3n) is 4.55. The summed E-state index contributed by atoms with van der Waals surface area (Å²) in [6, 6.07) is 24.6. The van der Waals surface area contributed by atoms with E-state index in [1.807, 2.05) is 66.7 Å². The SMILES string of the molecule is O=C(CSc1nnc2c(n1)[nH]c1ccccc12)Nc1ccc(Oc2ccccc2)cc1. The van der Waals surface area contributed by atoms with E-state index >= 15 is 0 Å². The molecule has 0 aliphatic heterocycles. The van der Waals surface area contributed by atoms with Crippen LogP contribution in [-0.2, 0) is 4.79 Å². The molecule has 1 amide bonds. The number of thioether (sulfide) groups is 1. The predicted octanol–water partition coefficient (Wildman–Crippen LogP) is 5.03. The Morgan fingerprint density at radius 2 is 1.65 bits per heavy atom. The highest BCUT2D eigenvalue weighted by molar-refractivity contribution is 7.99. The van der Waals surface area contributed by atoms with Gasteiger partial charge in [-0.1, -0.05) is 48.2 Å². The predicted molar refractivity (Wildman–Crippen MR) is 122 cm³/mol. The summed E-state index contributed by atoms with van der Waals surface area (Å²) in [6.45, 7) is 0. The van der Waals surface area contributed by atoms with Crippen molar-refractivity contribution in [2.75, 3.05) is 11.1 Å². The van der Waals surface area contributed by atoms with Gasteiger partial charge in [-0.25, -0.2) is 4.98 Å². The lowest BCUT2D eigenvalue weighted by atomic mass is 10.2. The Bertz CT molecular complexity index is 1350. The van der Waals surface area contributed by atoms with Gasteiger partial charge in [-0.2, -0.15) is 0 Å². The number of para-hydroxylation sites is 2. The molecule has 5 aromatic rings. The van der Waals surface area contributed by atoms with Gasteiger partial charge in [0, 0.05) is 16.6 Å². The number of hydrogen-bond acceptors (Lipinski definition) is 6. The Hall–Kier alpha value is -3.91. The van der Waals surface area contributed by atoms with E-state index in [-0.39, 0.29) is 11.7 Å². The number of ether oxygens (including phenoxy) is 1. The van der Waals surface area contributed by atoms with Gasteiger partial charge >= 0.3 is 0 Å². The van der Waals surface area contributed by atoms with Gasteiger partial charge in [0.05, 0.1) is 5.75 Å². The van der Waals surface area contributed by atoms with E-state index in [2.05, 4.69) is 25.5 Å². The Balaban J connectivity index is 1.19. The minimum Gasteiger partial charge on any atom is -0.457 e. The fourth-order valence-electron chi connectivity index (χ4n) is 3.13. The van der Waals surface area contributed by atoms with Gasteiger partial charge in [-0.15, -0.1) is 10.2 Å². The van der Waals surface area contributed by atoms with Crippen LogP contribution in [0.25, 0.3) is 22.1 Å². The number of H-pyrrole nitrogens is 1. The normalized spacial score (nSPS) is 11.0. The van der Waals surface area contributed by atoms with Crippen LogP contribution in [0.5, 0.6) is 11.5 Å².